The fourth-order valence-corrected chi connectivity index (χ4v) is 6.61. The smallest absolute Gasteiger partial charge is 0.165 e. The van der Waals surface area contributed by atoms with Gasteiger partial charge >= 0.3 is 0 Å². The number of aromatic nitrogens is 4. The fraction of sp³-hybridized carbons (Fsp3) is 0. The highest BCUT2D eigenvalue weighted by molar-refractivity contribution is 6.12. The maximum absolute atomic E-state index is 9.68. The van der Waals surface area contributed by atoms with Crippen LogP contribution in [-0.4, -0.2) is 19.5 Å². The minimum Gasteiger partial charge on any atom is -0.309 e. The highest BCUT2D eigenvalue weighted by atomic mass is 15.0. The largest absolute Gasteiger partial charge is 0.309 e. The molecule has 0 saturated carbocycles. The summed E-state index contributed by atoms with van der Waals surface area (Å²) in [6.07, 6.45) is 1.48. The van der Waals surface area contributed by atoms with Crippen molar-refractivity contribution in [2.45, 2.75) is 0 Å². The van der Waals surface area contributed by atoms with Gasteiger partial charge in [0.25, 0.3) is 0 Å². The first-order chi connectivity index (χ1) is 26.0. The molecule has 6 aromatic carbocycles. The van der Waals surface area contributed by atoms with Gasteiger partial charge in [-0.05, 0) is 119 Å². The molecule has 2 heterocycles. The van der Waals surface area contributed by atoms with Gasteiger partial charge in [-0.3, -0.25) is 0 Å². The summed E-state index contributed by atoms with van der Waals surface area (Å²) in [7, 11) is 0. The van der Waals surface area contributed by atoms with Crippen LogP contribution in [0.25, 0.3) is 72.5 Å². The number of para-hydroxylation sites is 1. The number of hydrogen-bond acceptors (Lipinski definition) is 8. The molecule has 0 amide bonds. The summed E-state index contributed by atoms with van der Waals surface area (Å²) in [5.74, 6) is 0.936. The Bertz CT molecular complexity index is 2810. The molecule has 0 fully saturated rings. The van der Waals surface area contributed by atoms with E-state index < -0.39 is 0 Å². The highest BCUT2D eigenvalue weighted by Crippen LogP contribution is 2.39. The van der Waals surface area contributed by atoms with Crippen molar-refractivity contribution in [2.75, 3.05) is 0 Å². The van der Waals surface area contributed by atoms with Crippen LogP contribution in [0.5, 0.6) is 0 Å². The zero-order valence-corrected chi connectivity index (χ0v) is 27.6. The minimum atomic E-state index is 0.390. The van der Waals surface area contributed by atoms with Crippen LogP contribution in [0.15, 0.2) is 128 Å². The number of nitrogens with zero attached hydrogens (tertiary/aromatic N) is 9. The van der Waals surface area contributed by atoms with E-state index >= 15 is 0 Å². The molecule has 53 heavy (non-hydrogen) atoms. The van der Waals surface area contributed by atoms with Crippen LogP contribution in [0.2, 0.25) is 0 Å². The lowest BCUT2D eigenvalue weighted by molar-refractivity contribution is 1.06. The molecule has 0 bridgehead atoms. The minimum absolute atomic E-state index is 0.390. The molecule has 0 aliphatic carbocycles. The number of fused-ring (bicyclic) bond motifs is 3. The van der Waals surface area contributed by atoms with Crippen LogP contribution in [0.1, 0.15) is 27.8 Å². The van der Waals surface area contributed by atoms with Crippen molar-refractivity contribution in [3.8, 4) is 81.1 Å². The molecule has 9 heteroatoms. The Hall–Kier alpha value is -8.42. The monoisotopic (exact) mass is 675 g/mol. The van der Waals surface area contributed by atoms with E-state index in [-0.39, 0.29) is 0 Å². The molecule has 0 N–H and O–H groups in total. The normalized spacial score (nSPS) is 10.5. The predicted octanol–water partition coefficient (Wildman–Crippen LogP) is 9.00. The summed E-state index contributed by atoms with van der Waals surface area (Å²) in [6.45, 7) is 0. The molecule has 2 aromatic heterocycles. The Morgan fingerprint density at radius 1 is 0.415 bits per heavy atom. The molecule has 0 radical (unpaired) electrons. The van der Waals surface area contributed by atoms with Gasteiger partial charge in [0.05, 0.1) is 74.9 Å². The van der Waals surface area contributed by atoms with E-state index in [1.165, 1.54) is 6.33 Å². The Balaban J connectivity index is 1.37. The average molecular weight is 676 g/mol. The molecule has 0 atom stereocenters. The SMILES string of the molecule is N#Cc1ccc(-c2ncnc(-c3ccccc3-n3c4ccc(-c5cc(C#N)cc(C#N)c5)cc4c4cc(-c5cc(C#N)cc(C#N)c5)ccc43)n2)cc1. The second-order valence-corrected chi connectivity index (χ2v) is 12.2. The first-order valence-electron chi connectivity index (χ1n) is 16.3. The average Bonchev–Trinajstić information content (AvgIpc) is 3.56. The Labute approximate surface area is 303 Å². The summed E-state index contributed by atoms with van der Waals surface area (Å²) in [4.78, 5) is 13.8. The van der Waals surface area contributed by atoms with Crippen LogP contribution in [0.4, 0.5) is 0 Å². The molecule has 0 saturated heterocycles. The zero-order chi connectivity index (χ0) is 36.5. The molecule has 8 rings (SSSR count). The first-order valence-corrected chi connectivity index (χ1v) is 16.3. The zero-order valence-electron chi connectivity index (χ0n) is 27.6. The third kappa shape index (κ3) is 5.74. The molecule has 0 spiro atoms. The maximum Gasteiger partial charge on any atom is 0.165 e. The Morgan fingerprint density at radius 2 is 0.887 bits per heavy atom. The summed E-state index contributed by atoms with van der Waals surface area (Å²) in [5, 5.41) is 49.8. The van der Waals surface area contributed by atoms with Crippen molar-refractivity contribution >= 4 is 21.8 Å². The van der Waals surface area contributed by atoms with E-state index in [0.29, 0.717) is 39.5 Å². The molecular weight excluding hydrogens is 655 g/mol. The van der Waals surface area contributed by atoms with Gasteiger partial charge in [0.2, 0.25) is 0 Å². The lowest BCUT2D eigenvalue weighted by Crippen LogP contribution is -2.01. The van der Waals surface area contributed by atoms with Crippen molar-refractivity contribution in [2.24, 2.45) is 0 Å². The van der Waals surface area contributed by atoms with E-state index in [1.807, 2.05) is 60.7 Å². The molecule has 9 nitrogen and oxygen atoms in total. The third-order valence-corrected chi connectivity index (χ3v) is 9.04. The summed E-state index contributed by atoms with van der Waals surface area (Å²) in [6, 6.07) is 48.0. The summed E-state index contributed by atoms with van der Waals surface area (Å²) < 4.78 is 2.15. The molecule has 242 valence electrons. The quantitative estimate of drug-likeness (QED) is 0.174. The second-order valence-electron chi connectivity index (χ2n) is 12.2. The van der Waals surface area contributed by atoms with Crippen molar-refractivity contribution in [1.82, 2.24) is 19.5 Å². The van der Waals surface area contributed by atoms with Crippen LogP contribution in [0.3, 0.4) is 0 Å². The number of hydrogen-bond donors (Lipinski definition) is 0. The highest BCUT2D eigenvalue weighted by Gasteiger charge is 2.19. The Kier molecular flexibility index (Phi) is 7.88. The van der Waals surface area contributed by atoms with Gasteiger partial charge in [-0.25, -0.2) is 15.0 Å². The van der Waals surface area contributed by atoms with E-state index in [2.05, 4.69) is 57.0 Å². The molecule has 0 unspecified atom stereocenters. The van der Waals surface area contributed by atoms with Crippen molar-refractivity contribution in [1.29, 1.82) is 26.3 Å². The fourth-order valence-electron chi connectivity index (χ4n) is 6.61. The van der Waals surface area contributed by atoms with E-state index in [1.54, 1.807) is 48.5 Å². The van der Waals surface area contributed by atoms with Gasteiger partial charge < -0.3 is 4.57 Å². The lowest BCUT2D eigenvalue weighted by Gasteiger charge is -2.14. The van der Waals surface area contributed by atoms with E-state index in [0.717, 1.165) is 60.9 Å². The molecule has 0 aliphatic rings. The lowest BCUT2D eigenvalue weighted by atomic mass is 9.97. The number of benzene rings is 6. The van der Waals surface area contributed by atoms with Gasteiger partial charge in [-0.1, -0.05) is 24.3 Å². The van der Waals surface area contributed by atoms with Gasteiger partial charge in [-0.2, -0.15) is 26.3 Å². The van der Waals surface area contributed by atoms with Crippen molar-refractivity contribution < 1.29 is 0 Å². The van der Waals surface area contributed by atoms with Crippen LogP contribution < -0.4 is 0 Å². The number of rotatable bonds is 5. The van der Waals surface area contributed by atoms with Gasteiger partial charge in [-0.15, -0.1) is 0 Å². The van der Waals surface area contributed by atoms with Crippen molar-refractivity contribution in [3.05, 3.63) is 155 Å². The topological polar surface area (TPSA) is 163 Å². The number of nitriles is 5. The van der Waals surface area contributed by atoms with Gasteiger partial charge in [0.1, 0.15) is 6.33 Å². The predicted molar refractivity (Wildman–Crippen MR) is 199 cm³/mol. The summed E-state index contributed by atoms with van der Waals surface area (Å²) >= 11 is 0. The first kappa shape index (κ1) is 31.8. The molecule has 8 aromatic rings. The van der Waals surface area contributed by atoms with E-state index in [4.69, 9.17) is 4.98 Å². The summed E-state index contributed by atoms with van der Waals surface area (Å²) in [5.41, 5.74) is 9.33. The third-order valence-electron chi connectivity index (χ3n) is 9.04. The Morgan fingerprint density at radius 3 is 1.40 bits per heavy atom. The van der Waals surface area contributed by atoms with Crippen LogP contribution >= 0.6 is 0 Å². The molecule has 0 aliphatic heterocycles. The standard InChI is InChI=1S/C44H21N9/c45-21-27-5-7-32(8-6-27)43-50-26-51-44(52-43)37-3-1-2-4-40(37)53-41-11-9-33(35-15-28(22-46)13-29(16-35)23-47)19-38(41)39-20-34(10-12-42(39)53)36-17-30(24-48)14-31(18-36)25-49/h1-20,26H. The maximum atomic E-state index is 9.68. The van der Waals surface area contributed by atoms with Crippen LogP contribution in [0, 0.1) is 56.7 Å². The van der Waals surface area contributed by atoms with Gasteiger partial charge in [0.15, 0.2) is 11.6 Å². The molecular formula is C44H21N9. The van der Waals surface area contributed by atoms with Gasteiger partial charge in [0, 0.05) is 21.9 Å². The van der Waals surface area contributed by atoms with E-state index in [9.17, 15) is 26.3 Å². The van der Waals surface area contributed by atoms with Crippen LogP contribution in [-0.2, 0) is 0 Å². The second kappa shape index (κ2) is 13.1. The van der Waals surface area contributed by atoms with Crippen molar-refractivity contribution in [3.63, 3.8) is 0 Å².